The summed E-state index contributed by atoms with van der Waals surface area (Å²) in [5.41, 5.74) is 8.87. The minimum absolute atomic E-state index is 0.0636. The molecular formula is C16H20N2. The molecule has 0 unspecified atom stereocenters. The van der Waals surface area contributed by atoms with Crippen LogP contribution in [0.25, 0.3) is 10.8 Å². The molecule has 0 bridgehead atoms. The number of nitrogens with two attached hydrogens (primary N) is 1. The molecule has 1 aliphatic rings. The van der Waals surface area contributed by atoms with Crippen molar-refractivity contribution < 1.29 is 0 Å². The van der Waals surface area contributed by atoms with E-state index in [1.165, 1.54) is 21.9 Å². The Labute approximate surface area is 108 Å². The molecule has 1 aromatic heterocycles. The van der Waals surface area contributed by atoms with Crippen molar-refractivity contribution in [1.29, 1.82) is 0 Å². The summed E-state index contributed by atoms with van der Waals surface area (Å²) in [5.74, 6) is 0. The van der Waals surface area contributed by atoms with E-state index < -0.39 is 0 Å². The third kappa shape index (κ3) is 1.81. The molecule has 1 saturated carbocycles. The number of fused-ring (bicyclic) bond motifs is 1. The Morgan fingerprint density at radius 1 is 1.17 bits per heavy atom. The van der Waals surface area contributed by atoms with Gasteiger partial charge in [0.15, 0.2) is 0 Å². The smallest absolute Gasteiger partial charge is 0.0411 e. The summed E-state index contributed by atoms with van der Waals surface area (Å²) in [7, 11) is 0. The summed E-state index contributed by atoms with van der Waals surface area (Å²) < 4.78 is 0. The van der Waals surface area contributed by atoms with Gasteiger partial charge in [0.1, 0.15) is 0 Å². The number of nitrogens with zero attached hydrogens (tertiary/aromatic N) is 1. The van der Waals surface area contributed by atoms with Crippen LogP contribution < -0.4 is 5.73 Å². The van der Waals surface area contributed by atoms with Crippen molar-refractivity contribution in [1.82, 2.24) is 4.98 Å². The van der Waals surface area contributed by atoms with Crippen LogP contribution in [0.4, 0.5) is 0 Å². The van der Waals surface area contributed by atoms with Gasteiger partial charge in [-0.25, -0.2) is 0 Å². The molecule has 0 spiro atoms. The number of hydrogen-bond acceptors (Lipinski definition) is 2. The standard InChI is InChI=1S/C16H20N2/c1-15(2,3)14-10-18-9-11-8-12(4-5-13(11)14)16(17)6-7-16/h4-5,8-10H,6-7,17H2,1-3H3. The minimum Gasteiger partial charge on any atom is -0.321 e. The predicted octanol–water partition coefficient (Wildman–Crippen LogP) is 3.48. The van der Waals surface area contributed by atoms with Crippen LogP contribution in [-0.4, -0.2) is 4.98 Å². The van der Waals surface area contributed by atoms with Crippen LogP contribution >= 0.6 is 0 Å². The van der Waals surface area contributed by atoms with E-state index >= 15 is 0 Å². The maximum absolute atomic E-state index is 6.26. The van der Waals surface area contributed by atoms with Crippen LogP contribution in [0.2, 0.25) is 0 Å². The van der Waals surface area contributed by atoms with Crippen molar-refractivity contribution in [3.63, 3.8) is 0 Å². The van der Waals surface area contributed by atoms with Gasteiger partial charge in [0.2, 0.25) is 0 Å². The maximum atomic E-state index is 6.26. The quantitative estimate of drug-likeness (QED) is 0.828. The number of hydrogen-bond donors (Lipinski definition) is 1. The molecule has 0 radical (unpaired) electrons. The molecule has 18 heavy (non-hydrogen) atoms. The SMILES string of the molecule is CC(C)(C)c1cncc2cc(C3(N)CC3)ccc12. The monoisotopic (exact) mass is 240 g/mol. The lowest BCUT2D eigenvalue weighted by Crippen LogP contribution is -2.18. The zero-order valence-electron chi connectivity index (χ0n) is 11.3. The minimum atomic E-state index is -0.0636. The fourth-order valence-electron chi connectivity index (χ4n) is 2.51. The van der Waals surface area contributed by atoms with Crippen molar-refractivity contribution in [3.8, 4) is 0 Å². The number of pyridine rings is 1. The highest BCUT2D eigenvalue weighted by molar-refractivity contribution is 5.86. The zero-order valence-corrected chi connectivity index (χ0v) is 11.3. The van der Waals surface area contributed by atoms with E-state index in [2.05, 4.69) is 44.0 Å². The van der Waals surface area contributed by atoms with E-state index in [4.69, 9.17) is 5.73 Å². The molecule has 2 aromatic rings. The average molecular weight is 240 g/mol. The summed E-state index contributed by atoms with van der Waals surface area (Å²) in [4.78, 5) is 4.38. The predicted molar refractivity (Wildman–Crippen MR) is 75.5 cm³/mol. The maximum Gasteiger partial charge on any atom is 0.0411 e. The molecular weight excluding hydrogens is 220 g/mol. The molecule has 0 aliphatic heterocycles. The van der Waals surface area contributed by atoms with E-state index in [-0.39, 0.29) is 11.0 Å². The summed E-state index contributed by atoms with van der Waals surface area (Å²) in [5, 5.41) is 2.50. The molecule has 0 amide bonds. The molecule has 3 rings (SSSR count). The molecule has 1 heterocycles. The Bertz CT molecular complexity index is 604. The molecule has 1 aliphatic carbocycles. The lowest BCUT2D eigenvalue weighted by atomic mass is 9.84. The largest absolute Gasteiger partial charge is 0.321 e. The fraction of sp³-hybridized carbons (Fsp3) is 0.438. The van der Waals surface area contributed by atoms with Gasteiger partial charge in [-0.3, -0.25) is 4.98 Å². The molecule has 0 atom stereocenters. The number of aromatic nitrogens is 1. The average Bonchev–Trinajstić information content (AvgIpc) is 3.06. The first-order valence-electron chi connectivity index (χ1n) is 6.58. The van der Waals surface area contributed by atoms with E-state index in [1.807, 2.05) is 12.4 Å². The molecule has 94 valence electrons. The zero-order chi connectivity index (χ0) is 13.0. The van der Waals surface area contributed by atoms with E-state index in [1.54, 1.807) is 0 Å². The highest BCUT2D eigenvalue weighted by Gasteiger charge is 2.40. The lowest BCUT2D eigenvalue weighted by Gasteiger charge is -2.21. The Morgan fingerprint density at radius 2 is 1.89 bits per heavy atom. The van der Waals surface area contributed by atoms with E-state index in [0.717, 1.165) is 12.8 Å². The summed E-state index contributed by atoms with van der Waals surface area (Å²) >= 11 is 0. The Balaban J connectivity index is 2.20. The van der Waals surface area contributed by atoms with Crippen LogP contribution in [0.5, 0.6) is 0 Å². The van der Waals surface area contributed by atoms with Crippen molar-refractivity contribution in [2.75, 3.05) is 0 Å². The van der Waals surface area contributed by atoms with Gasteiger partial charge in [-0.2, -0.15) is 0 Å². The van der Waals surface area contributed by atoms with Crippen molar-refractivity contribution in [2.45, 2.75) is 44.6 Å². The normalized spacial score (nSPS) is 18.0. The first kappa shape index (κ1) is 11.7. The van der Waals surface area contributed by atoms with Gasteiger partial charge in [0, 0.05) is 23.3 Å². The molecule has 1 aromatic carbocycles. The van der Waals surface area contributed by atoms with Gasteiger partial charge in [-0.15, -0.1) is 0 Å². The lowest BCUT2D eigenvalue weighted by molar-refractivity contribution is 0.593. The fourth-order valence-corrected chi connectivity index (χ4v) is 2.51. The second-order valence-electron chi connectivity index (χ2n) is 6.53. The molecule has 2 nitrogen and oxygen atoms in total. The topological polar surface area (TPSA) is 38.9 Å². The van der Waals surface area contributed by atoms with Crippen LogP contribution in [0, 0.1) is 0 Å². The van der Waals surface area contributed by atoms with Gasteiger partial charge in [-0.1, -0.05) is 32.9 Å². The first-order chi connectivity index (χ1) is 8.40. The summed E-state index contributed by atoms with van der Waals surface area (Å²) in [6, 6.07) is 6.61. The van der Waals surface area contributed by atoms with Gasteiger partial charge >= 0.3 is 0 Å². The molecule has 0 saturated heterocycles. The van der Waals surface area contributed by atoms with Gasteiger partial charge in [-0.05, 0) is 40.8 Å². The van der Waals surface area contributed by atoms with Crippen LogP contribution in [0.1, 0.15) is 44.7 Å². The van der Waals surface area contributed by atoms with E-state index in [0.29, 0.717) is 0 Å². The molecule has 2 N–H and O–H groups in total. The van der Waals surface area contributed by atoms with Crippen molar-refractivity contribution in [2.24, 2.45) is 5.73 Å². The second kappa shape index (κ2) is 3.55. The molecule has 2 heteroatoms. The second-order valence-corrected chi connectivity index (χ2v) is 6.53. The van der Waals surface area contributed by atoms with Gasteiger partial charge in [0.25, 0.3) is 0 Å². The number of benzene rings is 1. The van der Waals surface area contributed by atoms with E-state index in [9.17, 15) is 0 Å². The highest BCUT2D eigenvalue weighted by atomic mass is 14.8. The first-order valence-corrected chi connectivity index (χ1v) is 6.58. The Hall–Kier alpha value is -1.41. The molecule has 1 fully saturated rings. The van der Waals surface area contributed by atoms with Crippen molar-refractivity contribution in [3.05, 3.63) is 41.7 Å². The Kier molecular flexibility index (Phi) is 2.30. The number of rotatable bonds is 1. The highest BCUT2D eigenvalue weighted by Crippen LogP contribution is 2.43. The van der Waals surface area contributed by atoms with Crippen LogP contribution in [0.3, 0.4) is 0 Å². The summed E-state index contributed by atoms with van der Waals surface area (Å²) in [6.45, 7) is 6.67. The van der Waals surface area contributed by atoms with Gasteiger partial charge < -0.3 is 5.73 Å². The Morgan fingerprint density at radius 3 is 2.50 bits per heavy atom. The van der Waals surface area contributed by atoms with Crippen LogP contribution in [0.15, 0.2) is 30.6 Å². The van der Waals surface area contributed by atoms with Crippen LogP contribution in [-0.2, 0) is 11.0 Å². The summed E-state index contributed by atoms with van der Waals surface area (Å²) in [6.07, 6.45) is 6.13. The third-order valence-corrected chi connectivity index (χ3v) is 3.93. The third-order valence-electron chi connectivity index (χ3n) is 3.93. The van der Waals surface area contributed by atoms with Gasteiger partial charge in [0.05, 0.1) is 0 Å². The van der Waals surface area contributed by atoms with Crippen molar-refractivity contribution >= 4 is 10.8 Å².